The highest BCUT2D eigenvalue weighted by atomic mass is 35.5. The van der Waals surface area contributed by atoms with Crippen molar-refractivity contribution < 1.29 is 9.32 Å². The SMILES string of the molecule is Cc1cc(C)c(NC(=S)NC[C@@H](c2ccco2)[NH+]2CCCC2)c(Cl)c1. The molecule has 25 heavy (non-hydrogen) atoms. The number of anilines is 1. The Morgan fingerprint density at radius 3 is 2.72 bits per heavy atom. The second-order valence-corrected chi connectivity index (χ2v) is 7.52. The Labute approximate surface area is 159 Å². The number of thiocarbonyl (C=S) groups is 1. The van der Waals surface area contributed by atoms with E-state index in [0.717, 1.165) is 29.1 Å². The van der Waals surface area contributed by atoms with Crippen LogP contribution in [0, 0.1) is 13.8 Å². The van der Waals surface area contributed by atoms with Crippen LogP contribution in [-0.2, 0) is 0 Å². The van der Waals surface area contributed by atoms with Crippen LogP contribution in [0.2, 0.25) is 5.02 Å². The molecule has 6 heteroatoms. The van der Waals surface area contributed by atoms with Gasteiger partial charge in [-0.1, -0.05) is 17.7 Å². The van der Waals surface area contributed by atoms with Gasteiger partial charge < -0.3 is 20.0 Å². The lowest BCUT2D eigenvalue weighted by molar-refractivity contribution is -0.919. The summed E-state index contributed by atoms with van der Waals surface area (Å²) >= 11 is 11.8. The number of furan rings is 1. The zero-order chi connectivity index (χ0) is 17.8. The number of likely N-dealkylation sites (tertiary alicyclic amines) is 1. The Morgan fingerprint density at radius 2 is 2.08 bits per heavy atom. The fourth-order valence-electron chi connectivity index (χ4n) is 3.54. The van der Waals surface area contributed by atoms with E-state index >= 15 is 0 Å². The smallest absolute Gasteiger partial charge is 0.171 e. The van der Waals surface area contributed by atoms with Crippen molar-refractivity contribution in [1.82, 2.24) is 5.32 Å². The number of benzene rings is 1. The van der Waals surface area contributed by atoms with Crippen molar-refractivity contribution in [2.24, 2.45) is 0 Å². The number of quaternary nitrogens is 1. The summed E-state index contributed by atoms with van der Waals surface area (Å²) in [5.74, 6) is 1.01. The molecule has 1 aromatic carbocycles. The van der Waals surface area contributed by atoms with E-state index in [4.69, 9.17) is 28.2 Å². The van der Waals surface area contributed by atoms with Crippen molar-refractivity contribution in [3.05, 3.63) is 52.4 Å². The van der Waals surface area contributed by atoms with Crippen LogP contribution in [0.5, 0.6) is 0 Å². The van der Waals surface area contributed by atoms with E-state index in [-0.39, 0.29) is 6.04 Å². The van der Waals surface area contributed by atoms with Crippen molar-refractivity contribution in [2.45, 2.75) is 32.7 Å². The van der Waals surface area contributed by atoms with Crippen LogP contribution in [0.4, 0.5) is 5.69 Å². The van der Waals surface area contributed by atoms with Crippen molar-refractivity contribution in [3.8, 4) is 0 Å². The minimum Gasteiger partial charge on any atom is -0.463 e. The normalized spacial score (nSPS) is 16.0. The Kier molecular flexibility index (Phi) is 5.99. The van der Waals surface area contributed by atoms with Crippen molar-refractivity contribution in [1.29, 1.82) is 0 Å². The highest BCUT2D eigenvalue weighted by Crippen LogP contribution is 2.27. The maximum Gasteiger partial charge on any atom is 0.171 e. The van der Waals surface area contributed by atoms with Crippen LogP contribution in [0.15, 0.2) is 34.9 Å². The molecule has 0 amide bonds. The molecule has 0 saturated carbocycles. The van der Waals surface area contributed by atoms with Gasteiger partial charge in [0.15, 0.2) is 16.9 Å². The summed E-state index contributed by atoms with van der Waals surface area (Å²) in [5, 5.41) is 7.87. The molecule has 1 saturated heterocycles. The first kappa shape index (κ1) is 18.2. The molecule has 1 fully saturated rings. The predicted octanol–water partition coefficient (Wildman–Crippen LogP) is 3.26. The summed E-state index contributed by atoms with van der Waals surface area (Å²) in [5.41, 5.74) is 3.09. The molecule has 0 bridgehead atoms. The molecule has 3 rings (SSSR count). The number of nitrogens with one attached hydrogen (secondary N) is 3. The van der Waals surface area contributed by atoms with E-state index in [1.165, 1.54) is 25.9 Å². The van der Waals surface area contributed by atoms with Gasteiger partial charge in [0.05, 0.1) is 36.6 Å². The van der Waals surface area contributed by atoms with E-state index in [1.807, 2.05) is 26.0 Å². The maximum absolute atomic E-state index is 6.36. The Bertz CT molecular complexity index is 703. The van der Waals surface area contributed by atoms with E-state index in [0.29, 0.717) is 10.1 Å². The van der Waals surface area contributed by atoms with Crippen molar-refractivity contribution >= 4 is 34.6 Å². The van der Waals surface area contributed by atoms with E-state index in [1.54, 1.807) is 11.2 Å². The van der Waals surface area contributed by atoms with Gasteiger partial charge in [0.2, 0.25) is 0 Å². The topological polar surface area (TPSA) is 41.6 Å². The summed E-state index contributed by atoms with van der Waals surface area (Å²) in [6, 6.07) is 8.31. The first-order chi connectivity index (χ1) is 12.0. The van der Waals surface area contributed by atoms with Crippen LogP contribution < -0.4 is 15.5 Å². The van der Waals surface area contributed by atoms with Crippen LogP contribution in [0.3, 0.4) is 0 Å². The van der Waals surface area contributed by atoms with Gasteiger partial charge >= 0.3 is 0 Å². The van der Waals surface area contributed by atoms with Crippen LogP contribution in [0.25, 0.3) is 0 Å². The Morgan fingerprint density at radius 1 is 1.32 bits per heavy atom. The standard InChI is InChI=1S/C19H24ClN3OS/c1-13-10-14(2)18(15(20)11-13)22-19(25)21-12-16(17-6-5-9-24-17)23-7-3-4-8-23/h5-6,9-11,16H,3-4,7-8,12H2,1-2H3,(H2,21,22,25)/p+1/t16-/m0/s1. The molecule has 2 aromatic rings. The van der Waals surface area contributed by atoms with Crippen LogP contribution >= 0.6 is 23.8 Å². The summed E-state index contributed by atoms with van der Waals surface area (Å²) < 4.78 is 5.66. The quantitative estimate of drug-likeness (QED) is 0.698. The van der Waals surface area contributed by atoms with Gasteiger partial charge in [0, 0.05) is 12.8 Å². The highest BCUT2D eigenvalue weighted by Gasteiger charge is 2.29. The van der Waals surface area contributed by atoms with E-state index in [9.17, 15) is 0 Å². The van der Waals surface area contributed by atoms with Gasteiger partial charge in [-0.25, -0.2) is 0 Å². The van der Waals surface area contributed by atoms with Gasteiger partial charge in [-0.3, -0.25) is 0 Å². The maximum atomic E-state index is 6.36. The number of aryl methyl sites for hydroxylation is 2. The number of rotatable bonds is 5. The molecule has 0 spiro atoms. The molecule has 1 aliphatic rings. The minimum atomic E-state index is 0.270. The average molecular weight is 379 g/mol. The second-order valence-electron chi connectivity index (χ2n) is 6.71. The van der Waals surface area contributed by atoms with Crippen molar-refractivity contribution in [2.75, 3.05) is 25.0 Å². The molecule has 3 N–H and O–H groups in total. The third-order valence-corrected chi connectivity index (χ3v) is 5.31. The summed E-state index contributed by atoms with van der Waals surface area (Å²) in [6.45, 7) is 7.15. The number of hydrogen-bond donors (Lipinski definition) is 3. The molecule has 0 aliphatic carbocycles. The van der Waals surface area contributed by atoms with Crippen LogP contribution in [0.1, 0.15) is 35.8 Å². The minimum absolute atomic E-state index is 0.270. The molecule has 0 unspecified atom stereocenters. The lowest BCUT2D eigenvalue weighted by Gasteiger charge is -2.24. The van der Waals surface area contributed by atoms with Crippen molar-refractivity contribution in [3.63, 3.8) is 0 Å². The van der Waals surface area contributed by atoms with E-state index in [2.05, 4.69) is 22.8 Å². The third-order valence-electron chi connectivity index (χ3n) is 4.76. The fraction of sp³-hybridized carbons (Fsp3) is 0.421. The van der Waals surface area contributed by atoms with Crippen LogP contribution in [-0.4, -0.2) is 24.7 Å². The average Bonchev–Trinajstić information content (AvgIpc) is 3.25. The molecule has 2 heterocycles. The summed E-state index contributed by atoms with van der Waals surface area (Å²) in [6.07, 6.45) is 4.28. The number of hydrogen-bond acceptors (Lipinski definition) is 2. The van der Waals surface area contributed by atoms with Gasteiger partial charge in [-0.2, -0.15) is 0 Å². The second kappa shape index (κ2) is 8.21. The molecule has 1 aromatic heterocycles. The van der Waals surface area contributed by atoms with Gasteiger partial charge in [0.25, 0.3) is 0 Å². The van der Waals surface area contributed by atoms with Gasteiger partial charge in [-0.15, -0.1) is 0 Å². The monoisotopic (exact) mass is 378 g/mol. The molecule has 1 aliphatic heterocycles. The molecule has 134 valence electrons. The highest BCUT2D eigenvalue weighted by molar-refractivity contribution is 7.80. The lowest BCUT2D eigenvalue weighted by atomic mass is 10.1. The molecule has 4 nitrogen and oxygen atoms in total. The van der Waals surface area contributed by atoms with Gasteiger partial charge in [-0.05, 0) is 55.4 Å². The zero-order valence-corrected chi connectivity index (χ0v) is 16.3. The summed E-state index contributed by atoms with van der Waals surface area (Å²) in [7, 11) is 0. The fourth-order valence-corrected chi connectivity index (χ4v) is 4.09. The largest absolute Gasteiger partial charge is 0.463 e. The molecular weight excluding hydrogens is 354 g/mol. The van der Waals surface area contributed by atoms with E-state index < -0.39 is 0 Å². The molecule has 0 radical (unpaired) electrons. The summed E-state index contributed by atoms with van der Waals surface area (Å²) in [4.78, 5) is 1.55. The lowest BCUT2D eigenvalue weighted by Crippen LogP contribution is -3.11. The predicted molar refractivity (Wildman–Crippen MR) is 107 cm³/mol. The molecule has 1 atom stereocenters. The Hall–Kier alpha value is -1.56. The first-order valence-electron chi connectivity index (χ1n) is 8.74. The third kappa shape index (κ3) is 4.54. The zero-order valence-electron chi connectivity index (χ0n) is 14.7. The number of halogens is 1. The van der Waals surface area contributed by atoms with Gasteiger partial charge in [0.1, 0.15) is 0 Å². The first-order valence-corrected chi connectivity index (χ1v) is 9.53. The molecular formula is C19H25ClN3OS+. The Balaban J connectivity index is 1.64.